The normalized spacial score (nSPS) is 22.3. The van der Waals surface area contributed by atoms with E-state index in [0.717, 1.165) is 36.5 Å². The summed E-state index contributed by atoms with van der Waals surface area (Å²) in [6.45, 7) is 2.20. The van der Waals surface area contributed by atoms with E-state index in [4.69, 9.17) is 11.6 Å². The van der Waals surface area contributed by atoms with Gasteiger partial charge in [-0.2, -0.15) is 0 Å². The summed E-state index contributed by atoms with van der Waals surface area (Å²) in [4.78, 5) is 15.6. The minimum atomic E-state index is -0.178. The Balaban J connectivity index is 1.78. The van der Waals surface area contributed by atoms with Crippen LogP contribution in [0.1, 0.15) is 50.5 Å². The maximum Gasteiger partial charge on any atom is 0.157 e. The van der Waals surface area contributed by atoms with Gasteiger partial charge in [-0.3, -0.25) is 9.69 Å². The minimum absolute atomic E-state index is 0.178. The van der Waals surface area contributed by atoms with Gasteiger partial charge in [0.05, 0.1) is 5.54 Å². The number of benzene rings is 1. The first-order valence-electron chi connectivity index (χ1n) is 8.23. The molecule has 1 aliphatic heterocycles. The van der Waals surface area contributed by atoms with E-state index in [1.807, 2.05) is 24.3 Å². The number of nitrogens with zero attached hydrogens (tertiary/aromatic N) is 1. The van der Waals surface area contributed by atoms with Crippen LogP contribution in [0.25, 0.3) is 0 Å². The average Bonchev–Trinajstić information content (AvgIpc) is 2.99. The average molecular weight is 306 g/mol. The SMILES string of the molecule is O=C(Cc1cccc(Cl)c1)C1(N2CCCCC2)CCCC1. The molecule has 1 saturated heterocycles. The lowest BCUT2D eigenvalue weighted by molar-refractivity contribution is -0.131. The van der Waals surface area contributed by atoms with Crippen molar-refractivity contribution in [3.05, 3.63) is 34.9 Å². The molecule has 0 radical (unpaired) electrons. The van der Waals surface area contributed by atoms with Gasteiger partial charge in [0.2, 0.25) is 0 Å². The van der Waals surface area contributed by atoms with Gasteiger partial charge in [-0.05, 0) is 56.5 Å². The number of hydrogen-bond donors (Lipinski definition) is 0. The van der Waals surface area contributed by atoms with Crippen LogP contribution in [0, 0.1) is 0 Å². The first-order chi connectivity index (χ1) is 10.2. The largest absolute Gasteiger partial charge is 0.297 e. The third kappa shape index (κ3) is 3.17. The van der Waals surface area contributed by atoms with Crippen LogP contribution in [0.15, 0.2) is 24.3 Å². The topological polar surface area (TPSA) is 20.3 Å². The van der Waals surface area contributed by atoms with Gasteiger partial charge in [-0.1, -0.05) is 43.0 Å². The molecule has 0 amide bonds. The van der Waals surface area contributed by atoms with E-state index in [1.165, 1.54) is 32.1 Å². The second-order valence-electron chi connectivity index (χ2n) is 6.52. The zero-order valence-corrected chi connectivity index (χ0v) is 13.4. The lowest BCUT2D eigenvalue weighted by Gasteiger charge is -2.42. The third-order valence-electron chi connectivity index (χ3n) is 5.16. The van der Waals surface area contributed by atoms with Gasteiger partial charge in [-0.25, -0.2) is 0 Å². The summed E-state index contributed by atoms with van der Waals surface area (Å²) in [6.07, 6.45) is 8.80. The van der Waals surface area contributed by atoms with Crippen molar-refractivity contribution in [3.8, 4) is 0 Å². The second kappa shape index (κ2) is 6.50. The molecule has 1 heterocycles. The molecule has 0 N–H and O–H groups in total. The van der Waals surface area contributed by atoms with E-state index in [1.54, 1.807) is 0 Å². The molecular weight excluding hydrogens is 282 g/mol. The Morgan fingerprint density at radius 3 is 2.48 bits per heavy atom. The molecule has 1 aromatic rings. The smallest absolute Gasteiger partial charge is 0.157 e. The fourth-order valence-electron chi connectivity index (χ4n) is 4.05. The fourth-order valence-corrected chi connectivity index (χ4v) is 4.26. The van der Waals surface area contributed by atoms with Crippen molar-refractivity contribution in [2.45, 2.75) is 56.9 Å². The highest BCUT2D eigenvalue weighted by molar-refractivity contribution is 6.30. The maximum absolute atomic E-state index is 13.1. The molecule has 1 aliphatic carbocycles. The van der Waals surface area contributed by atoms with Crippen molar-refractivity contribution in [1.82, 2.24) is 4.90 Å². The highest BCUT2D eigenvalue weighted by Gasteiger charge is 2.45. The maximum atomic E-state index is 13.1. The number of piperidine rings is 1. The molecule has 3 rings (SSSR count). The molecule has 1 saturated carbocycles. The quantitative estimate of drug-likeness (QED) is 0.829. The van der Waals surface area contributed by atoms with Crippen LogP contribution in [-0.4, -0.2) is 29.3 Å². The molecule has 0 spiro atoms. The third-order valence-corrected chi connectivity index (χ3v) is 5.40. The Labute approximate surface area is 132 Å². The Hall–Kier alpha value is -0.860. The minimum Gasteiger partial charge on any atom is -0.297 e. The lowest BCUT2D eigenvalue weighted by atomic mass is 9.85. The molecular formula is C18H24ClNO. The molecule has 1 aromatic carbocycles. The van der Waals surface area contributed by atoms with Gasteiger partial charge in [-0.15, -0.1) is 0 Å². The predicted octanol–water partition coefficient (Wildman–Crippen LogP) is 4.25. The van der Waals surface area contributed by atoms with Gasteiger partial charge in [0.25, 0.3) is 0 Å². The molecule has 21 heavy (non-hydrogen) atoms. The molecule has 2 nitrogen and oxygen atoms in total. The van der Waals surface area contributed by atoms with Crippen molar-refractivity contribution in [2.24, 2.45) is 0 Å². The van der Waals surface area contributed by atoms with Crippen LogP contribution in [-0.2, 0) is 11.2 Å². The highest BCUT2D eigenvalue weighted by Crippen LogP contribution is 2.38. The summed E-state index contributed by atoms with van der Waals surface area (Å²) in [5.74, 6) is 0.407. The number of Topliss-reactive ketones (excluding diaryl/α,β-unsaturated/α-hetero) is 1. The van der Waals surface area contributed by atoms with E-state index < -0.39 is 0 Å². The summed E-state index contributed by atoms with van der Waals surface area (Å²) >= 11 is 6.05. The summed E-state index contributed by atoms with van der Waals surface area (Å²) in [5.41, 5.74) is 0.874. The van der Waals surface area contributed by atoms with Crippen LogP contribution >= 0.6 is 11.6 Å². The van der Waals surface area contributed by atoms with Gasteiger partial charge >= 0.3 is 0 Å². The number of rotatable bonds is 4. The van der Waals surface area contributed by atoms with Crippen LogP contribution in [0.2, 0.25) is 5.02 Å². The number of carbonyl (C=O) groups excluding carboxylic acids is 1. The first kappa shape index (κ1) is 15.1. The molecule has 0 bridgehead atoms. The standard InChI is InChI=1S/C18H24ClNO/c19-16-8-6-7-15(13-16)14-17(21)18(9-2-3-10-18)20-11-4-1-5-12-20/h6-8,13H,1-5,9-12,14H2. The zero-order chi connectivity index (χ0) is 14.7. The number of carbonyl (C=O) groups is 1. The Morgan fingerprint density at radius 2 is 1.81 bits per heavy atom. The van der Waals surface area contributed by atoms with Gasteiger partial charge in [0.15, 0.2) is 5.78 Å². The number of ketones is 1. The van der Waals surface area contributed by atoms with Crippen LogP contribution in [0.4, 0.5) is 0 Å². The monoisotopic (exact) mass is 305 g/mol. The summed E-state index contributed by atoms with van der Waals surface area (Å²) < 4.78 is 0. The van der Waals surface area contributed by atoms with Gasteiger partial charge in [0, 0.05) is 11.4 Å². The highest BCUT2D eigenvalue weighted by atomic mass is 35.5. The molecule has 2 fully saturated rings. The van der Waals surface area contributed by atoms with E-state index in [-0.39, 0.29) is 5.54 Å². The van der Waals surface area contributed by atoms with Crippen molar-refractivity contribution >= 4 is 17.4 Å². The predicted molar refractivity (Wildman–Crippen MR) is 86.8 cm³/mol. The van der Waals surface area contributed by atoms with E-state index in [9.17, 15) is 4.79 Å². The van der Waals surface area contributed by atoms with Gasteiger partial charge < -0.3 is 0 Å². The van der Waals surface area contributed by atoms with Crippen LogP contribution in [0.3, 0.4) is 0 Å². The van der Waals surface area contributed by atoms with Gasteiger partial charge in [0.1, 0.15) is 0 Å². The summed E-state index contributed by atoms with van der Waals surface area (Å²) in [5, 5.41) is 0.721. The number of halogens is 1. The second-order valence-corrected chi connectivity index (χ2v) is 6.95. The van der Waals surface area contributed by atoms with E-state index in [0.29, 0.717) is 12.2 Å². The van der Waals surface area contributed by atoms with Crippen molar-refractivity contribution in [3.63, 3.8) is 0 Å². The molecule has 3 heteroatoms. The Kier molecular flexibility index (Phi) is 4.66. The van der Waals surface area contributed by atoms with Crippen molar-refractivity contribution in [1.29, 1.82) is 0 Å². The molecule has 2 aliphatic rings. The molecule has 0 unspecified atom stereocenters. The van der Waals surface area contributed by atoms with Crippen LogP contribution in [0.5, 0.6) is 0 Å². The Morgan fingerprint density at radius 1 is 1.10 bits per heavy atom. The Bertz CT molecular complexity index is 502. The summed E-state index contributed by atoms with van der Waals surface area (Å²) in [6, 6.07) is 7.75. The van der Waals surface area contributed by atoms with E-state index in [2.05, 4.69) is 4.90 Å². The molecule has 114 valence electrons. The summed E-state index contributed by atoms with van der Waals surface area (Å²) in [7, 11) is 0. The lowest BCUT2D eigenvalue weighted by Crippen LogP contribution is -2.55. The zero-order valence-electron chi connectivity index (χ0n) is 12.6. The molecule has 0 aromatic heterocycles. The number of likely N-dealkylation sites (tertiary alicyclic amines) is 1. The molecule has 0 atom stereocenters. The fraction of sp³-hybridized carbons (Fsp3) is 0.611. The first-order valence-corrected chi connectivity index (χ1v) is 8.61. The van der Waals surface area contributed by atoms with E-state index >= 15 is 0 Å². The number of hydrogen-bond acceptors (Lipinski definition) is 2. The van der Waals surface area contributed by atoms with Crippen molar-refractivity contribution in [2.75, 3.05) is 13.1 Å². The van der Waals surface area contributed by atoms with Crippen molar-refractivity contribution < 1.29 is 4.79 Å². The van der Waals surface area contributed by atoms with Crippen LogP contribution < -0.4 is 0 Å².